The van der Waals surface area contributed by atoms with E-state index >= 15 is 0 Å². The second kappa shape index (κ2) is 5.02. The zero-order valence-corrected chi connectivity index (χ0v) is 15.1. The summed E-state index contributed by atoms with van der Waals surface area (Å²) in [6.07, 6.45) is 1.09. The molecule has 0 fully saturated rings. The van der Waals surface area contributed by atoms with Crippen LogP contribution < -0.4 is 4.24 Å². The Bertz CT molecular complexity index is 740. The summed E-state index contributed by atoms with van der Waals surface area (Å²) < 4.78 is 1.48. The van der Waals surface area contributed by atoms with Crippen LogP contribution in [0.3, 0.4) is 0 Å². The monoisotopic (exact) mass is 284 g/mol. The Labute approximate surface area is 144 Å². The normalized spacial score (nSPS) is 14.0. The first-order valence-corrected chi connectivity index (χ1v) is 8.36. The van der Waals surface area contributed by atoms with Crippen molar-refractivity contribution in [3.05, 3.63) is 52.6 Å². The molecule has 0 saturated carbocycles. The van der Waals surface area contributed by atoms with Gasteiger partial charge in [0, 0.05) is 0 Å². The molecule has 22 heavy (non-hydrogen) atoms. The van der Waals surface area contributed by atoms with E-state index in [4.69, 9.17) is 0 Å². The zero-order valence-electron chi connectivity index (χ0n) is 15.1. The van der Waals surface area contributed by atoms with Crippen LogP contribution in [-0.4, -0.2) is 17.7 Å². The molecular formula is C21H25Li. The minimum absolute atomic E-state index is 0.213. The Kier molecular flexibility index (Phi) is 3.63. The quantitative estimate of drug-likeness (QED) is 0.527. The second-order valence-corrected chi connectivity index (χ2v) is 8.81. The van der Waals surface area contributed by atoms with E-state index in [2.05, 4.69) is 89.6 Å². The summed E-state index contributed by atoms with van der Waals surface area (Å²) in [5.74, 6) is 0. The van der Waals surface area contributed by atoms with Gasteiger partial charge in [0.05, 0.1) is 0 Å². The Morgan fingerprint density at radius 2 is 1.45 bits per heavy atom. The van der Waals surface area contributed by atoms with E-state index in [0.717, 1.165) is 6.42 Å². The number of hydrogen-bond acceptors (Lipinski definition) is 0. The molecule has 0 nitrogen and oxygen atoms in total. The summed E-state index contributed by atoms with van der Waals surface area (Å²) in [5, 5.41) is 0. The number of hydrogen-bond donors (Lipinski definition) is 0. The van der Waals surface area contributed by atoms with Crippen molar-refractivity contribution in [2.75, 3.05) is 0 Å². The molecule has 1 aliphatic carbocycles. The molecule has 0 amide bonds. The molecule has 0 radical (unpaired) electrons. The molecule has 0 aliphatic heterocycles. The molecule has 0 heterocycles. The van der Waals surface area contributed by atoms with Gasteiger partial charge in [-0.3, -0.25) is 0 Å². The number of benzene rings is 2. The van der Waals surface area contributed by atoms with Crippen molar-refractivity contribution >= 4 is 22.0 Å². The molecule has 2 aromatic rings. The van der Waals surface area contributed by atoms with E-state index in [0.29, 0.717) is 0 Å². The molecule has 0 bridgehead atoms. The van der Waals surface area contributed by atoms with Crippen molar-refractivity contribution in [1.82, 2.24) is 0 Å². The molecule has 0 saturated heterocycles. The summed E-state index contributed by atoms with van der Waals surface area (Å²) in [6, 6.07) is 11.7. The van der Waals surface area contributed by atoms with Crippen LogP contribution in [0.4, 0.5) is 0 Å². The van der Waals surface area contributed by atoms with Crippen LogP contribution in [0.2, 0.25) is 0 Å². The third-order valence-corrected chi connectivity index (χ3v) is 5.04. The standard InChI is InChI=1S/C21H25.Li/c1-20(2,3)16-7-9-18-14(12-16)11-15-13-17(21(4,5)6)8-10-19(15)18;/h7-10,12H,11H2,1-6H3;. The minimum atomic E-state index is 0.213. The van der Waals surface area contributed by atoms with Crippen LogP contribution in [0.15, 0.2) is 30.3 Å². The summed E-state index contributed by atoms with van der Waals surface area (Å²) in [5.41, 5.74) is 9.26. The van der Waals surface area contributed by atoms with Crippen molar-refractivity contribution in [3.63, 3.8) is 0 Å². The van der Waals surface area contributed by atoms with Crippen molar-refractivity contribution in [2.24, 2.45) is 0 Å². The predicted octanol–water partition coefficient (Wildman–Crippen LogP) is 4.65. The number of rotatable bonds is 0. The van der Waals surface area contributed by atoms with Crippen molar-refractivity contribution in [1.29, 1.82) is 0 Å². The van der Waals surface area contributed by atoms with Crippen molar-refractivity contribution < 1.29 is 0 Å². The van der Waals surface area contributed by atoms with E-state index in [1.54, 1.807) is 0 Å². The molecule has 1 heteroatoms. The summed E-state index contributed by atoms with van der Waals surface area (Å²) in [7, 11) is 0. The molecule has 1 aliphatic rings. The van der Waals surface area contributed by atoms with E-state index in [1.165, 1.54) is 37.6 Å². The van der Waals surface area contributed by atoms with Gasteiger partial charge in [-0.05, 0) is 0 Å². The molecule has 0 aromatic heterocycles. The molecule has 2 aromatic carbocycles. The van der Waals surface area contributed by atoms with E-state index < -0.39 is 0 Å². The van der Waals surface area contributed by atoms with Crippen LogP contribution in [0.25, 0.3) is 11.1 Å². The van der Waals surface area contributed by atoms with Gasteiger partial charge < -0.3 is 0 Å². The molecular weight excluding hydrogens is 259 g/mol. The summed E-state index contributed by atoms with van der Waals surface area (Å²) >= 11 is 2.30. The first-order valence-electron chi connectivity index (χ1n) is 8.36. The van der Waals surface area contributed by atoms with Crippen LogP contribution >= 0.6 is 0 Å². The van der Waals surface area contributed by atoms with Gasteiger partial charge in [-0.1, -0.05) is 0 Å². The SMILES string of the molecule is [Li][c]1c(C(C)(C)C)ccc2c1Cc1cc(C(C)(C)C)ccc1-2. The molecule has 110 valence electrons. The average molecular weight is 284 g/mol. The molecule has 3 rings (SSSR count). The zero-order chi connectivity index (χ0) is 16.3. The van der Waals surface area contributed by atoms with Crippen LogP contribution in [0.5, 0.6) is 0 Å². The van der Waals surface area contributed by atoms with Gasteiger partial charge in [0.2, 0.25) is 0 Å². The molecule has 0 unspecified atom stereocenters. The van der Waals surface area contributed by atoms with E-state index in [-0.39, 0.29) is 10.8 Å². The van der Waals surface area contributed by atoms with E-state index in [1.807, 2.05) is 0 Å². The first kappa shape index (κ1) is 15.9. The van der Waals surface area contributed by atoms with E-state index in [9.17, 15) is 0 Å². The van der Waals surface area contributed by atoms with Crippen LogP contribution in [0, 0.1) is 0 Å². The molecule has 0 atom stereocenters. The van der Waals surface area contributed by atoms with Crippen molar-refractivity contribution in [2.45, 2.75) is 58.8 Å². The van der Waals surface area contributed by atoms with Crippen LogP contribution in [-0.2, 0) is 17.3 Å². The second-order valence-electron chi connectivity index (χ2n) is 8.81. The first-order chi connectivity index (χ1) is 10.1. The topological polar surface area (TPSA) is 0 Å². The summed E-state index contributed by atoms with van der Waals surface area (Å²) in [4.78, 5) is 0. The fourth-order valence-corrected chi connectivity index (χ4v) is 3.71. The molecule has 0 spiro atoms. The Morgan fingerprint density at radius 1 is 0.818 bits per heavy atom. The maximum atomic E-state index is 2.42. The van der Waals surface area contributed by atoms with Crippen LogP contribution in [0.1, 0.15) is 63.8 Å². The summed E-state index contributed by atoms with van der Waals surface area (Å²) in [6.45, 7) is 13.8. The average Bonchev–Trinajstić information content (AvgIpc) is 2.75. The fraction of sp³-hybridized carbons (Fsp3) is 0.429. The van der Waals surface area contributed by atoms with Gasteiger partial charge in [-0.25, -0.2) is 0 Å². The van der Waals surface area contributed by atoms with Crippen molar-refractivity contribution in [3.8, 4) is 11.1 Å². The Balaban J connectivity index is 2.12. The third-order valence-electron chi connectivity index (χ3n) is 5.04. The number of fused-ring (bicyclic) bond motifs is 3. The Morgan fingerprint density at radius 3 is 2.05 bits per heavy atom. The Hall–Kier alpha value is -0.963. The fourth-order valence-electron chi connectivity index (χ4n) is 3.71. The van der Waals surface area contributed by atoms with Gasteiger partial charge >= 0.3 is 144 Å². The van der Waals surface area contributed by atoms with Gasteiger partial charge in [0.25, 0.3) is 0 Å². The van der Waals surface area contributed by atoms with Gasteiger partial charge in [0.1, 0.15) is 0 Å². The van der Waals surface area contributed by atoms with Gasteiger partial charge in [-0.15, -0.1) is 0 Å². The van der Waals surface area contributed by atoms with Gasteiger partial charge in [0.15, 0.2) is 0 Å². The maximum absolute atomic E-state index is 2.42. The third kappa shape index (κ3) is 2.58. The van der Waals surface area contributed by atoms with Gasteiger partial charge in [-0.2, -0.15) is 0 Å². The molecule has 0 N–H and O–H groups in total. The predicted molar refractivity (Wildman–Crippen MR) is 97.5 cm³/mol.